The largest absolute Gasteiger partial charge is 0.487 e. The van der Waals surface area contributed by atoms with E-state index in [1.54, 1.807) is 23.5 Å². The van der Waals surface area contributed by atoms with Gasteiger partial charge in [0, 0.05) is 23.5 Å². The lowest BCUT2D eigenvalue weighted by Crippen LogP contribution is -2.52. The summed E-state index contributed by atoms with van der Waals surface area (Å²) >= 11 is 1.60. The Labute approximate surface area is 240 Å². The van der Waals surface area contributed by atoms with Gasteiger partial charge >= 0.3 is 0 Å². The number of aryl methyl sites for hydroxylation is 2. The number of nitrogens with one attached hydrogen (secondary N) is 2. The molecule has 0 saturated carbocycles. The molecule has 1 unspecified atom stereocenters. The Bertz CT molecular complexity index is 1420. The average molecular weight is 588 g/mol. The second-order valence-electron chi connectivity index (χ2n) is 10.7. The number of thiazole rings is 1. The third kappa shape index (κ3) is 6.95. The molecule has 1 fully saturated rings. The van der Waals surface area contributed by atoms with Crippen LogP contribution in [0, 0.1) is 6.92 Å². The van der Waals surface area contributed by atoms with Crippen molar-refractivity contribution in [2.75, 3.05) is 13.4 Å². The summed E-state index contributed by atoms with van der Waals surface area (Å²) in [6, 6.07) is 10.3. The lowest BCUT2D eigenvalue weighted by atomic mass is 10.0. The summed E-state index contributed by atoms with van der Waals surface area (Å²) in [5, 5.41) is 6.43. The number of rotatable bonds is 12. The summed E-state index contributed by atoms with van der Waals surface area (Å²) in [4.78, 5) is 4.60. The predicted octanol–water partition coefficient (Wildman–Crippen LogP) is 4.72. The lowest BCUT2D eigenvalue weighted by molar-refractivity contribution is 0.0230. The van der Waals surface area contributed by atoms with Gasteiger partial charge in [-0.05, 0) is 69.4 Å². The second-order valence-corrected chi connectivity index (χ2v) is 13.5. The number of hydrogen-bond donors (Lipinski definition) is 2. The van der Waals surface area contributed by atoms with Crippen molar-refractivity contribution < 1.29 is 27.4 Å². The van der Waals surface area contributed by atoms with E-state index in [2.05, 4.69) is 21.9 Å². The molecule has 3 aromatic rings. The molecule has 0 aliphatic carbocycles. The highest BCUT2D eigenvalue weighted by molar-refractivity contribution is 7.89. The van der Waals surface area contributed by atoms with Gasteiger partial charge in [0.05, 0.1) is 22.2 Å². The van der Waals surface area contributed by atoms with E-state index in [4.69, 9.17) is 18.9 Å². The van der Waals surface area contributed by atoms with Crippen molar-refractivity contribution in [3.05, 3.63) is 63.6 Å². The topological polar surface area (TPSA) is 108 Å². The molecule has 3 heterocycles. The van der Waals surface area contributed by atoms with Crippen LogP contribution >= 0.6 is 11.3 Å². The van der Waals surface area contributed by atoms with Crippen molar-refractivity contribution in [2.45, 2.75) is 82.7 Å². The molecule has 0 amide bonds. The molecule has 2 aliphatic heterocycles. The van der Waals surface area contributed by atoms with E-state index in [1.165, 1.54) is 0 Å². The van der Waals surface area contributed by atoms with Crippen molar-refractivity contribution in [3.8, 4) is 17.2 Å². The van der Waals surface area contributed by atoms with Gasteiger partial charge in [0.25, 0.3) is 0 Å². The van der Waals surface area contributed by atoms with E-state index in [0.29, 0.717) is 31.1 Å². The number of ether oxygens (including phenoxy) is 4. The van der Waals surface area contributed by atoms with Crippen LogP contribution in [0.15, 0.2) is 46.7 Å². The van der Waals surface area contributed by atoms with Crippen LogP contribution in [0.2, 0.25) is 0 Å². The summed E-state index contributed by atoms with van der Waals surface area (Å²) in [6.07, 6.45) is 3.11. The van der Waals surface area contributed by atoms with E-state index in [-0.39, 0.29) is 17.7 Å². The molecule has 216 valence electrons. The molecule has 11 heteroatoms. The van der Waals surface area contributed by atoms with Gasteiger partial charge in [-0.3, -0.25) is 5.32 Å². The van der Waals surface area contributed by atoms with Gasteiger partial charge in [-0.15, -0.1) is 11.3 Å². The third-order valence-electron chi connectivity index (χ3n) is 7.01. The van der Waals surface area contributed by atoms with E-state index in [0.717, 1.165) is 46.8 Å². The van der Waals surface area contributed by atoms with E-state index < -0.39 is 21.8 Å². The van der Waals surface area contributed by atoms with E-state index >= 15 is 0 Å². The van der Waals surface area contributed by atoms with Gasteiger partial charge in [0.2, 0.25) is 16.8 Å². The van der Waals surface area contributed by atoms with Crippen LogP contribution < -0.4 is 24.2 Å². The third-order valence-corrected chi connectivity index (χ3v) is 9.31. The van der Waals surface area contributed by atoms with Crippen molar-refractivity contribution >= 4 is 21.4 Å². The van der Waals surface area contributed by atoms with Gasteiger partial charge in [0.1, 0.15) is 18.1 Å². The SMILES string of the molecule is CCCCc1cc(S(=O)(=O)NC(Cc2ccc(OCc3csc(C)n3)cc2)[C@H]2COC(C)(C)N2)cc2c1OCO2. The first-order valence-electron chi connectivity index (χ1n) is 13.6. The Balaban J connectivity index is 1.34. The number of fused-ring (bicyclic) bond motifs is 1. The molecule has 2 aliphatic rings. The van der Waals surface area contributed by atoms with Crippen LogP contribution in [0.1, 0.15) is 55.4 Å². The Kier molecular flexibility index (Phi) is 8.67. The van der Waals surface area contributed by atoms with Crippen molar-refractivity contribution in [3.63, 3.8) is 0 Å². The number of hydrogen-bond acceptors (Lipinski definition) is 9. The lowest BCUT2D eigenvalue weighted by Gasteiger charge is -2.26. The summed E-state index contributed by atoms with van der Waals surface area (Å²) in [7, 11) is -3.88. The van der Waals surface area contributed by atoms with Crippen molar-refractivity contribution in [1.29, 1.82) is 0 Å². The monoisotopic (exact) mass is 587 g/mol. The molecule has 40 heavy (non-hydrogen) atoms. The number of sulfonamides is 1. The zero-order valence-corrected chi connectivity index (χ0v) is 25.0. The maximum atomic E-state index is 13.8. The smallest absolute Gasteiger partial charge is 0.241 e. The first kappa shape index (κ1) is 28.8. The van der Waals surface area contributed by atoms with Gasteiger partial charge in [-0.1, -0.05) is 25.5 Å². The minimum atomic E-state index is -3.88. The summed E-state index contributed by atoms with van der Waals surface area (Å²) in [5.74, 6) is 1.84. The van der Waals surface area contributed by atoms with Gasteiger partial charge in [-0.25, -0.2) is 18.1 Å². The van der Waals surface area contributed by atoms with Crippen molar-refractivity contribution in [1.82, 2.24) is 15.0 Å². The molecule has 1 saturated heterocycles. The van der Waals surface area contributed by atoms with Crippen LogP contribution in [-0.4, -0.2) is 44.6 Å². The highest BCUT2D eigenvalue weighted by Crippen LogP contribution is 2.39. The molecule has 0 spiro atoms. The molecule has 0 bridgehead atoms. The van der Waals surface area contributed by atoms with Crippen molar-refractivity contribution in [2.24, 2.45) is 0 Å². The fourth-order valence-corrected chi connectivity index (χ4v) is 6.89. The Morgan fingerprint density at radius 1 is 1.23 bits per heavy atom. The maximum Gasteiger partial charge on any atom is 0.241 e. The van der Waals surface area contributed by atoms with Gasteiger partial charge in [0.15, 0.2) is 11.5 Å². The Morgan fingerprint density at radius 3 is 2.70 bits per heavy atom. The highest BCUT2D eigenvalue weighted by Gasteiger charge is 2.38. The summed E-state index contributed by atoms with van der Waals surface area (Å²) < 4.78 is 53.5. The molecule has 0 radical (unpaired) electrons. The molecule has 5 rings (SSSR count). The standard InChI is InChI=1S/C29H37N3O6S2/c1-5-6-7-21-13-24(14-27-28(21)37-18-36-27)40(33,34)32-25(26-16-38-29(3,4)31-26)12-20-8-10-23(11-9-20)35-15-22-17-39-19(2)30-22/h8-11,13-14,17,25-26,31-32H,5-7,12,15-16,18H2,1-4H3/t25?,26-/m1/s1. The molecule has 2 aromatic carbocycles. The van der Waals surface area contributed by atoms with Crippen LogP contribution in [-0.2, 0) is 34.2 Å². The number of unbranched alkanes of at least 4 members (excludes halogenated alkanes) is 1. The fraction of sp³-hybridized carbons (Fsp3) is 0.483. The average Bonchev–Trinajstić information content (AvgIpc) is 3.65. The predicted molar refractivity (Wildman–Crippen MR) is 154 cm³/mol. The molecule has 1 aromatic heterocycles. The zero-order chi connectivity index (χ0) is 28.3. The minimum Gasteiger partial charge on any atom is -0.487 e. The van der Waals surface area contributed by atoms with E-state index in [1.807, 2.05) is 50.4 Å². The van der Waals surface area contributed by atoms with Crippen LogP contribution in [0.4, 0.5) is 0 Å². The quantitative estimate of drug-likeness (QED) is 0.314. The Morgan fingerprint density at radius 2 is 2.02 bits per heavy atom. The number of nitrogens with zero attached hydrogens (tertiary/aromatic N) is 1. The molecular formula is C29H37N3O6S2. The van der Waals surface area contributed by atoms with Crippen LogP contribution in [0.5, 0.6) is 17.2 Å². The first-order chi connectivity index (χ1) is 19.1. The molecule has 2 atom stereocenters. The highest BCUT2D eigenvalue weighted by atomic mass is 32.2. The number of aromatic nitrogens is 1. The second kappa shape index (κ2) is 12.0. The first-order valence-corrected chi connectivity index (χ1v) is 16.0. The Hall–Kier alpha value is -2.70. The fourth-order valence-electron chi connectivity index (χ4n) is 4.95. The summed E-state index contributed by atoms with van der Waals surface area (Å²) in [6.45, 7) is 8.83. The van der Waals surface area contributed by atoms with Crippen LogP contribution in [0.3, 0.4) is 0 Å². The molecule has 2 N–H and O–H groups in total. The molecule has 9 nitrogen and oxygen atoms in total. The summed E-state index contributed by atoms with van der Waals surface area (Å²) in [5.41, 5.74) is 2.18. The normalized spacial score (nSPS) is 18.6. The molecular weight excluding hydrogens is 550 g/mol. The van der Waals surface area contributed by atoms with Gasteiger partial charge in [-0.2, -0.15) is 0 Å². The minimum absolute atomic E-state index is 0.0928. The number of benzene rings is 2. The van der Waals surface area contributed by atoms with Gasteiger partial charge < -0.3 is 18.9 Å². The van der Waals surface area contributed by atoms with E-state index in [9.17, 15) is 8.42 Å². The zero-order valence-electron chi connectivity index (χ0n) is 23.4. The maximum absolute atomic E-state index is 13.8. The van der Waals surface area contributed by atoms with Crippen LogP contribution in [0.25, 0.3) is 0 Å².